The van der Waals surface area contributed by atoms with E-state index in [4.69, 9.17) is 16.3 Å². The van der Waals surface area contributed by atoms with Gasteiger partial charge in [0.15, 0.2) is 0 Å². The van der Waals surface area contributed by atoms with Gasteiger partial charge in [0.25, 0.3) is 0 Å². The molecular weight excluding hydrogens is 342 g/mol. The largest absolute Gasteiger partial charge is 0.495 e. The zero-order valence-electron chi connectivity index (χ0n) is 13.4. The van der Waals surface area contributed by atoms with Crippen molar-refractivity contribution < 1.29 is 4.74 Å². The Morgan fingerprint density at radius 1 is 1.25 bits per heavy atom. The zero-order chi connectivity index (χ0) is 16.7. The van der Waals surface area contributed by atoms with Crippen molar-refractivity contribution in [2.45, 2.75) is 6.92 Å². The molecule has 122 valence electrons. The lowest BCUT2D eigenvalue weighted by atomic mass is 10.2. The van der Waals surface area contributed by atoms with Crippen LogP contribution in [0, 0.1) is 6.92 Å². The summed E-state index contributed by atoms with van der Waals surface area (Å²) in [6.45, 7) is 2.05. The average molecular weight is 358 g/mol. The van der Waals surface area contributed by atoms with Crippen LogP contribution in [0.5, 0.6) is 5.75 Å². The van der Waals surface area contributed by atoms with Crippen molar-refractivity contribution in [3.05, 3.63) is 64.4 Å². The molecule has 0 atom stereocenters. The molecule has 4 nitrogen and oxygen atoms in total. The number of halogens is 1. The van der Waals surface area contributed by atoms with E-state index in [0.717, 1.165) is 34.3 Å². The first-order chi connectivity index (χ1) is 11.7. The molecule has 0 saturated carbocycles. The van der Waals surface area contributed by atoms with Gasteiger partial charge in [0.2, 0.25) is 0 Å². The molecule has 0 N–H and O–H groups in total. The van der Waals surface area contributed by atoms with E-state index < -0.39 is 0 Å². The van der Waals surface area contributed by atoms with Gasteiger partial charge in [-0.1, -0.05) is 17.7 Å². The molecule has 4 rings (SSSR count). The first-order valence-electron chi connectivity index (χ1n) is 7.56. The van der Waals surface area contributed by atoms with Gasteiger partial charge in [0.1, 0.15) is 11.4 Å². The van der Waals surface area contributed by atoms with Crippen LogP contribution >= 0.6 is 23.4 Å². The fourth-order valence-electron chi connectivity index (χ4n) is 2.97. The maximum atomic E-state index is 6.31. The molecule has 0 aliphatic carbocycles. The van der Waals surface area contributed by atoms with Gasteiger partial charge in [-0.05, 0) is 42.7 Å². The van der Waals surface area contributed by atoms with E-state index in [-0.39, 0.29) is 0 Å². The second-order valence-electron chi connectivity index (χ2n) is 5.52. The van der Waals surface area contributed by atoms with Gasteiger partial charge in [0.05, 0.1) is 35.1 Å². The highest BCUT2D eigenvalue weighted by molar-refractivity contribution is 8.02. The van der Waals surface area contributed by atoms with Crippen LogP contribution < -0.4 is 9.64 Å². The molecule has 0 spiro atoms. The van der Waals surface area contributed by atoms with Gasteiger partial charge in [0, 0.05) is 11.9 Å². The number of nitrogens with zero attached hydrogens (tertiary/aromatic N) is 3. The van der Waals surface area contributed by atoms with Gasteiger partial charge >= 0.3 is 0 Å². The first-order valence-corrected chi connectivity index (χ1v) is 8.98. The monoisotopic (exact) mass is 357 g/mol. The summed E-state index contributed by atoms with van der Waals surface area (Å²) in [7, 11) is 1.62. The second kappa shape index (κ2) is 6.07. The molecule has 24 heavy (non-hydrogen) atoms. The summed E-state index contributed by atoms with van der Waals surface area (Å²) in [6, 6.07) is 11.9. The highest BCUT2D eigenvalue weighted by Gasteiger charge is 2.24. The summed E-state index contributed by atoms with van der Waals surface area (Å²) in [6.07, 6.45) is 2.05. The lowest BCUT2D eigenvalue weighted by Crippen LogP contribution is -2.18. The third-order valence-corrected chi connectivity index (χ3v) is 5.18. The second-order valence-corrected chi connectivity index (χ2v) is 6.75. The zero-order valence-corrected chi connectivity index (χ0v) is 14.9. The minimum atomic E-state index is 0.612. The van der Waals surface area contributed by atoms with Crippen LogP contribution in [0.2, 0.25) is 5.02 Å². The summed E-state index contributed by atoms with van der Waals surface area (Å²) >= 11 is 8.08. The minimum Gasteiger partial charge on any atom is -0.495 e. The van der Waals surface area contributed by atoms with E-state index in [2.05, 4.69) is 19.7 Å². The topological polar surface area (TPSA) is 29.8 Å². The molecule has 0 bridgehead atoms. The summed E-state index contributed by atoms with van der Waals surface area (Å²) < 4.78 is 7.38. The molecule has 0 saturated heterocycles. The van der Waals surface area contributed by atoms with E-state index in [0.29, 0.717) is 10.8 Å². The molecular formula is C18H16ClN3OS. The van der Waals surface area contributed by atoms with E-state index in [1.165, 1.54) is 0 Å². The van der Waals surface area contributed by atoms with Gasteiger partial charge in [-0.3, -0.25) is 4.40 Å². The van der Waals surface area contributed by atoms with Crippen molar-refractivity contribution in [3.63, 3.8) is 0 Å². The third kappa shape index (κ3) is 2.44. The smallest absolute Gasteiger partial charge is 0.137 e. The molecule has 6 heteroatoms. The minimum absolute atomic E-state index is 0.612. The Morgan fingerprint density at radius 2 is 2.12 bits per heavy atom. The predicted molar refractivity (Wildman–Crippen MR) is 101 cm³/mol. The molecule has 3 aromatic rings. The fraction of sp³-hybridized carbons (Fsp3) is 0.167. The number of thioether (sulfide) groups is 1. The number of aromatic nitrogens is 2. The molecule has 0 fully saturated rings. The highest BCUT2D eigenvalue weighted by Crippen LogP contribution is 2.39. The van der Waals surface area contributed by atoms with Gasteiger partial charge in [-0.2, -0.15) is 0 Å². The molecule has 1 aromatic carbocycles. The Balaban J connectivity index is 1.80. The number of pyridine rings is 1. The number of rotatable bonds is 3. The summed E-state index contributed by atoms with van der Waals surface area (Å²) in [4.78, 5) is 6.92. The number of aryl methyl sites for hydroxylation is 1. The Morgan fingerprint density at radius 3 is 2.92 bits per heavy atom. The van der Waals surface area contributed by atoms with Gasteiger partial charge < -0.3 is 9.64 Å². The molecule has 0 unspecified atom stereocenters. The Labute approximate surface area is 149 Å². The van der Waals surface area contributed by atoms with E-state index >= 15 is 0 Å². The molecule has 1 aliphatic rings. The van der Waals surface area contributed by atoms with Crippen molar-refractivity contribution in [2.75, 3.05) is 17.9 Å². The highest BCUT2D eigenvalue weighted by atomic mass is 35.5. The number of fused-ring (bicyclic) bond motifs is 1. The third-order valence-electron chi connectivity index (χ3n) is 4.08. The maximum absolute atomic E-state index is 6.31. The Hall–Kier alpha value is -2.11. The SMILES string of the molecule is COc1ccc(N2CSC=C2c2c(C)nc3ccccn23)cc1Cl. The summed E-state index contributed by atoms with van der Waals surface area (Å²) in [5, 5.41) is 2.79. The van der Waals surface area contributed by atoms with Crippen LogP contribution in [-0.4, -0.2) is 22.4 Å². The van der Waals surface area contributed by atoms with Crippen molar-refractivity contribution in [1.82, 2.24) is 9.38 Å². The predicted octanol–water partition coefficient (Wildman–Crippen LogP) is 4.81. The van der Waals surface area contributed by atoms with Gasteiger partial charge in [-0.15, -0.1) is 11.8 Å². The number of methoxy groups -OCH3 is 1. The number of benzene rings is 1. The molecule has 3 heterocycles. The van der Waals surface area contributed by atoms with Crippen LogP contribution in [0.25, 0.3) is 11.3 Å². The van der Waals surface area contributed by atoms with Crippen LogP contribution in [-0.2, 0) is 0 Å². The molecule has 0 amide bonds. The lowest BCUT2D eigenvalue weighted by molar-refractivity contribution is 0.415. The normalized spacial score (nSPS) is 14.3. The number of imidazole rings is 1. The number of anilines is 1. The van der Waals surface area contributed by atoms with E-state index in [1.807, 2.05) is 49.5 Å². The van der Waals surface area contributed by atoms with Crippen LogP contribution in [0.3, 0.4) is 0 Å². The maximum Gasteiger partial charge on any atom is 0.137 e. The number of hydrogen-bond donors (Lipinski definition) is 0. The van der Waals surface area contributed by atoms with Gasteiger partial charge in [-0.25, -0.2) is 4.98 Å². The van der Waals surface area contributed by atoms with E-state index in [1.54, 1.807) is 18.9 Å². The van der Waals surface area contributed by atoms with Crippen LogP contribution in [0.15, 0.2) is 48.0 Å². The van der Waals surface area contributed by atoms with Crippen LogP contribution in [0.1, 0.15) is 11.4 Å². The quantitative estimate of drug-likeness (QED) is 0.672. The summed E-state index contributed by atoms with van der Waals surface area (Å²) in [5.74, 6) is 1.53. The van der Waals surface area contributed by atoms with Crippen molar-refractivity contribution in [3.8, 4) is 5.75 Å². The van der Waals surface area contributed by atoms with Crippen LogP contribution in [0.4, 0.5) is 5.69 Å². The van der Waals surface area contributed by atoms with Crippen molar-refractivity contribution in [1.29, 1.82) is 0 Å². The van der Waals surface area contributed by atoms with Crippen molar-refractivity contribution in [2.24, 2.45) is 0 Å². The molecule has 1 aliphatic heterocycles. The number of hydrogen-bond acceptors (Lipinski definition) is 4. The molecule has 0 radical (unpaired) electrons. The molecule has 2 aromatic heterocycles. The fourth-order valence-corrected chi connectivity index (χ4v) is 4.13. The van der Waals surface area contributed by atoms with Crippen molar-refractivity contribution >= 4 is 40.4 Å². The lowest BCUT2D eigenvalue weighted by Gasteiger charge is -2.22. The standard InChI is InChI=1S/C18H16ClN3OS/c1-12-18(21-8-4-3-5-17(21)20-12)15-10-24-11-22(15)13-6-7-16(23-2)14(19)9-13/h3-10H,11H2,1-2H3. The number of ether oxygens (including phenoxy) is 1. The Bertz CT molecular complexity index is 951. The summed E-state index contributed by atoms with van der Waals surface area (Å²) in [5.41, 5.74) is 5.26. The first kappa shape index (κ1) is 15.4. The van der Waals surface area contributed by atoms with E-state index in [9.17, 15) is 0 Å². The Kier molecular flexibility index (Phi) is 3.90. The average Bonchev–Trinajstić information content (AvgIpc) is 3.17.